The molecule has 2 heterocycles. The van der Waals surface area contributed by atoms with Crippen molar-refractivity contribution >= 4 is 29.2 Å². The first-order chi connectivity index (χ1) is 11.4. The monoisotopic (exact) mass is 325 g/mol. The Kier molecular flexibility index (Phi) is 3.76. The topological polar surface area (TPSA) is 88.6 Å². The van der Waals surface area contributed by atoms with Gasteiger partial charge >= 0.3 is 0 Å². The number of hydrogen-bond donors (Lipinski definition) is 1. The van der Waals surface area contributed by atoms with Gasteiger partial charge in [-0.2, -0.15) is 4.98 Å². The Bertz CT molecular complexity index is 841. The summed E-state index contributed by atoms with van der Waals surface area (Å²) in [5, 5.41) is 2.64. The zero-order valence-electron chi connectivity index (χ0n) is 13.4. The molecular weight excluding hydrogens is 310 g/mol. The summed E-state index contributed by atoms with van der Waals surface area (Å²) in [5.74, 6) is -0.846. The van der Waals surface area contributed by atoms with Gasteiger partial charge in [-0.15, -0.1) is 0 Å². The lowest BCUT2D eigenvalue weighted by Gasteiger charge is -2.17. The minimum absolute atomic E-state index is 0.136. The van der Waals surface area contributed by atoms with Crippen molar-refractivity contribution in [2.24, 2.45) is 0 Å². The van der Waals surface area contributed by atoms with E-state index < -0.39 is 11.8 Å². The highest BCUT2D eigenvalue weighted by Gasteiger charge is 2.37. The number of rotatable bonds is 3. The van der Waals surface area contributed by atoms with Gasteiger partial charge in [0.2, 0.25) is 11.8 Å². The first-order valence-corrected chi connectivity index (χ1v) is 7.25. The molecule has 7 nitrogen and oxygen atoms in total. The van der Waals surface area contributed by atoms with Crippen LogP contribution in [0.15, 0.2) is 30.3 Å². The SMILES string of the molecule is COc1nc(N2C(=O)c3ccccc3C2=O)cc(C)c1NC(C)=O. The summed E-state index contributed by atoms with van der Waals surface area (Å²) in [6, 6.07) is 8.17. The quantitative estimate of drug-likeness (QED) is 0.874. The average Bonchev–Trinajstić information content (AvgIpc) is 2.81. The summed E-state index contributed by atoms with van der Waals surface area (Å²) in [7, 11) is 1.40. The Labute approximate surface area is 138 Å². The molecule has 1 N–H and O–H groups in total. The summed E-state index contributed by atoms with van der Waals surface area (Å²) in [6.07, 6.45) is 0. The van der Waals surface area contributed by atoms with Gasteiger partial charge in [-0.3, -0.25) is 14.4 Å². The molecule has 0 aliphatic carbocycles. The van der Waals surface area contributed by atoms with Crippen LogP contribution in [0.5, 0.6) is 5.88 Å². The van der Waals surface area contributed by atoms with E-state index in [0.29, 0.717) is 22.4 Å². The number of aromatic nitrogens is 1. The summed E-state index contributed by atoms with van der Waals surface area (Å²) < 4.78 is 5.20. The second-order valence-electron chi connectivity index (χ2n) is 5.35. The van der Waals surface area contributed by atoms with Crippen LogP contribution in [0.1, 0.15) is 33.2 Å². The van der Waals surface area contributed by atoms with Gasteiger partial charge in [-0.25, -0.2) is 4.90 Å². The summed E-state index contributed by atoms with van der Waals surface area (Å²) in [5.41, 5.74) is 1.72. The van der Waals surface area contributed by atoms with Crippen LogP contribution in [0.2, 0.25) is 0 Å². The van der Waals surface area contributed by atoms with Crippen molar-refractivity contribution in [3.63, 3.8) is 0 Å². The minimum atomic E-state index is -0.433. The Morgan fingerprint density at radius 3 is 2.25 bits per heavy atom. The van der Waals surface area contributed by atoms with Gasteiger partial charge in [0.25, 0.3) is 11.8 Å². The predicted molar refractivity (Wildman–Crippen MR) is 87.4 cm³/mol. The molecule has 0 bridgehead atoms. The largest absolute Gasteiger partial charge is 0.479 e. The van der Waals surface area contributed by atoms with E-state index in [1.165, 1.54) is 14.0 Å². The molecule has 7 heteroatoms. The maximum Gasteiger partial charge on any atom is 0.267 e. The summed E-state index contributed by atoms with van der Waals surface area (Å²) >= 11 is 0. The standard InChI is InChI=1S/C17H15N3O4/c1-9-8-13(19-15(24-3)14(9)18-10(2)21)20-16(22)11-6-4-5-7-12(11)17(20)23/h4-8H,1-3H3,(H,18,21). The van der Waals surface area contributed by atoms with Crippen LogP contribution in [0.4, 0.5) is 11.5 Å². The van der Waals surface area contributed by atoms with E-state index in [2.05, 4.69) is 10.3 Å². The number of carbonyl (C=O) groups is 3. The van der Waals surface area contributed by atoms with Crippen molar-refractivity contribution < 1.29 is 19.1 Å². The molecule has 0 saturated heterocycles. The second-order valence-corrected chi connectivity index (χ2v) is 5.35. The summed E-state index contributed by atoms with van der Waals surface area (Å²) in [6.45, 7) is 3.11. The van der Waals surface area contributed by atoms with E-state index in [9.17, 15) is 14.4 Å². The third-order valence-electron chi connectivity index (χ3n) is 3.69. The Morgan fingerprint density at radius 1 is 1.17 bits per heavy atom. The molecule has 0 radical (unpaired) electrons. The van der Waals surface area contributed by atoms with Crippen LogP contribution < -0.4 is 15.0 Å². The highest BCUT2D eigenvalue weighted by molar-refractivity contribution is 6.34. The molecule has 2 aromatic rings. The molecule has 122 valence electrons. The maximum absolute atomic E-state index is 12.5. The van der Waals surface area contributed by atoms with Crippen LogP contribution in [-0.2, 0) is 4.79 Å². The molecule has 0 saturated carbocycles. The first kappa shape index (κ1) is 15.7. The van der Waals surface area contributed by atoms with Crippen molar-refractivity contribution in [1.29, 1.82) is 0 Å². The van der Waals surface area contributed by atoms with Crippen LogP contribution in [-0.4, -0.2) is 29.8 Å². The smallest absolute Gasteiger partial charge is 0.267 e. The van der Waals surface area contributed by atoms with Crippen molar-refractivity contribution in [2.45, 2.75) is 13.8 Å². The van der Waals surface area contributed by atoms with E-state index in [1.54, 1.807) is 37.3 Å². The van der Waals surface area contributed by atoms with Crippen LogP contribution in [0.25, 0.3) is 0 Å². The van der Waals surface area contributed by atoms with E-state index in [0.717, 1.165) is 4.90 Å². The highest BCUT2D eigenvalue weighted by Crippen LogP contribution is 2.33. The van der Waals surface area contributed by atoms with Crippen LogP contribution in [0.3, 0.4) is 0 Å². The van der Waals surface area contributed by atoms with Gasteiger partial charge in [-0.1, -0.05) is 12.1 Å². The molecule has 3 rings (SSSR count). The molecular formula is C17H15N3O4. The number of benzene rings is 1. The number of carbonyl (C=O) groups excluding carboxylic acids is 3. The van der Waals surface area contributed by atoms with E-state index in [1.807, 2.05) is 0 Å². The van der Waals surface area contributed by atoms with Gasteiger partial charge in [-0.05, 0) is 30.7 Å². The molecule has 0 fully saturated rings. The van der Waals surface area contributed by atoms with E-state index >= 15 is 0 Å². The Balaban J connectivity index is 2.08. The number of pyridine rings is 1. The number of imide groups is 1. The number of ether oxygens (including phenoxy) is 1. The second kappa shape index (κ2) is 5.77. The summed E-state index contributed by atoms with van der Waals surface area (Å²) in [4.78, 5) is 41.6. The number of hydrogen-bond acceptors (Lipinski definition) is 5. The zero-order valence-corrected chi connectivity index (χ0v) is 13.4. The predicted octanol–water partition coefficient (Wildman–Crippen LogP) is 2.16. The van der Waals surface area contributed by atoms with E-state index in [4.69, 9.17) is 4.74 Å². The van der Waals surface area contributed by atoms with Gasteiger partial charge in [0.05, 0.1) is 18.2 Å². The lowest BCUT2D eigenvalue weighted by Crippen LogP contribution is -2.30. The fourth-order valence-corrected chi connectivity index (χ4v) is 2.61. The highest BCUT2D eigenvalue weighted by atomic mass is 16.5. The molecule has 1 aromatic carbocycles. The van der Waals surface area contributed by atoms with E-state index in [-0.39, 0.29) is 17.6 Å². The molecule has 3 amide bonds. The number of aryl methyl sites for hydroxylation is 1. The lowest BCUT2D eigenvalue weighted by atomic mass is 10.1. The number of amides is 3. The Morgan fingerprint density at radius 2 is 1.75 bits per heavy atom. The number of methoxy groups -OCH3 is 1. The van der Waals surface area contributed by atoms with Crippen molar-refractivity contribution in [3.05, 3.63) is 47.0 Å². The van der Waals surface area contributed by atoms with Crippen molar-refractivity contribution in [2.75, 3.05) is 17.3 Å². The fourth-order valence-electron chi connectivity index (χ4n) is 2.61. The van der Waals surface area contributed by atoms with Crippen LogP contribution in [0, 0.1) is 6.92 Å². The lowest BCUT2D eigenvalue weighted by molar-refractivity contribution is -0.114. The number of nitrogens with one attached hydrogen (secondary N) is 1. The van der Waals surface area contributed by atoms with Crippen LogP contribution >= 0.6 is 0 Å². The number of anilines is 2. The zero-order chi connectivity index (χ0) is 17.4. The Hall–Kier alpha value is -3.22. The van der Waals surface area contributed by atoms with Gasteiger partial charge in [0, 0.05) is 6.92 Å². The van der Waals surface area contributed by atoms with Crippen molar-refractivity contribution in [3.8, 4) is 5.88 Å². The van der Waals surface area contributed by atoms with Gasteiger partial charge < -0.3 is 10.1 Å². The maximum atomic E-state index is 12.5. The molecule has 1 aliphatic rings. The molecule has 1 aromatic heterocycles. The first-order valence-electron chi connectivity index (χ1n) is 7.25. The van der Waals surface area contributed by atoms with Gasteiger partial charge in [0.15, 0.2) is 0 Å². The molecule has 24 heavy (non-hydrogen) atoms. The normalized spacial score (nSPS) is 13.0. The molecule has 0 atom stereocenters. The molecule has 1 aliphatic heterocycles. The third-order valence-corrected chi connectivity index (χ3v) is 3.69. The minimum Gasteiger partial charge on any atom is -0.479 e. The molecule has 0 spiro atoms. The number of nitrogens with zero attached hydrogens (tertiary/aromatic N) is 2. The van der Waals surface area contributed by atoms with Crippen molar-refractivity contribution in [1.82, 2.24) is 4.98 Å². The average molecular weight is 325 g/mol. The third kappa shape index (κ3) is 2.40. The molecule has 0 unspecified atom stereocenters. The fraction of sp³-hybridized carbons (Fsp3) is 0.176. The van der Waals surface area contributed by atoms with Gasteiger partial charge in [0.1, 0.15) is 11.5 Å². The number of fused-ring (bicyclic) bond motifs is 1.